The molecular weight excluding hydrogens is 322 g/mol. The van der Waals surface area contributed by atoms with Crippen molar-refractivity contribution < 1.29 is 4.79 Å². The van der Waals surface area contributed by atoms with Gasteiger partial charge in [-0.25, -0.2) is 4.98 Å². The first-order valence-corrected chi connectivity index (χ1v) is 9.37. The van der Waals surface area contributed by atoms with Gasteiger partial charge in [0.1, 0.15) is 0 Å². The molecule has 1 heterocycles. The molecule has 0 radical (unpaired) electrons. The van der Waals surface area contributed by atoms with Crippen LogP contribution in [0, 0.1) is 0 Å². The molecule has 0 bridgehead atoms. The summed E-state index contributed by atoms with van der Waals surface area (Å²) in [6.45, 7) is 5.92. The molecule has 5 nitrogen and oxygen atoms in total. The van der Waals surface area contributed by atoms with Gasteiger partial charge in [0.15, 0.2) is 5.16 Å². The Bertz CT molecular complexity index is 814. The van der Waals surface area contributed by atoms with Crippen LogP contribution >= 0.6 is 11.8 Å². The Morgan fingerprint density at radius 3 is 2.75 bits per heavy atom. The van der Waals surface area contributed by atoms with Crippen molar-refractivity contribution in [2.24, 2.45) is 0 Å². The van der Waals surface area contributed by atoms with Gasteiger partial charge in [0.05, 0.1) is 16.2 Å². The number of benzene rings is 1. The van der Waals surface area contributed by atoms with Crippen molar-refractivity contribution in [1.82, 2.24) is 14.9 Å². The van der Waals surface area contributed by atoms with E-state index in [1.165, 1.54) is 11.8 Å². The van der Waals surface area contributed by atoms with E-state index in [2.05, 4.69) is 10.3 Å². The van der Waals surface area contributed by atoms with E-state index in [0.717, 1.165) is 19.3 Å². The number of nitrogens with zero attached hydrogens (tertiary/aromatic N) is 2. The van der Waals surface area contributed by atoms with E-state index in [0.29, 0.717) is 22.1 Å². The van der Waals surface area contributed by atoms with Gasteiger partial charge < -0.3 is 5.32 Å². The van der Waals surface area contributed by atoms with Crippen molar-refractivity contribution in [2.45, 2.75) is 62.5 Å². The van der Waals surface area contributed by atoms with Crippen LogP contribution in [0.25, 0.3) is 10.9 Å². The molecule has 0 aliphatic heterocycles. The summed E-state index contributed by atoms with van der Waals surface area (Å²) in [5.41, 5.74) is 0.645. The van der Waals surface area contributed by atoms with Crippen molar-refractivity contribution in [3.05, 3.63) is 34.6 Å². The molecule has 0 saturated heterocycles. The highest BCUT2D eigenvalue weighted by atomic mass is 32.2. The molecule has 1 aliphatic carbocycles. The molecule has 24 heavy (non-hydrogen) atoms. The van der Waals surface area contributed by atoms with Crippen molar-refractivity contribution in [3.63, 3.8) is 0 Å². The fourth-order valence-electron chi connectivity index (χ4n) is 2.54. The van der Waals surface area contributed by atoms with E-state index in [1.54, 1.807) is 10.6 Å². The summed E-state index contributed by atoms with van der Waals surface area (Å²) in [4.78, 5) is 29.8. The number of nitrogens with one attached hydrogen (secondary N) is 1. The Morgan fingerprint density at radius 1 is 1.38 bits per heavy atom. The molecule has 1 N–H and O–H groups in total. The first-order valence-electron chi connectivity index (χ1n) is 8.49. The Hall–Kier alpha value is -1.82. The Labute approximate surface area is 145 Å². The molecule has 6 heteroatoms. The average molecular weight is 345 g/mol. The van der Waals surface area contributed by atoms with Crippen LogP contribution in [0.4, 0.5) is 0 Å². The number of amides is 1. The molecule has 3 rings (SSSR count). The molecule has 1 saturated carbocycles. The quantitative estimate of drug-likeness (QED) is 0.645. The summed E-state index contributed by atoms with van der Waals surface area (Å²) in [5.74, 6) is 0.0145. The Kier molecular flexibility index (Phi) is 4.94. The zero-order chi connectivity index (χ0) is 17.3. The van der Waals surface area contributed by atoms with E-state index in [-0.39, 0.29) is 22.8 Å². The molecule has 1 aromatic heterocycles. The number of aromatic nitrogens is 2. The maximum atomic E-state index is 12.9. The molecular formula is C18H23N3O2S. The molecule has 1 fully saturated rings. The van der Waals surface area contributed by atoms with Crippen molar-refractivity contribution in [3.8, 4) is 0 Å². The van der Waals surface area contributed by atoms with E-state index in [9.17, 15) is 9.59 Å². The van der Waals surface area contributed by atoms with Crippen LogP contribution in [0.3, 0.4) is 0 Å². The highest BCUT2D eigenvalue weighted by Crippen LogP contribution is 2.27. The second-order valence-corrected chi connectivity index (χ2v) is 7.69. The predicted molar refractivity (Wildman–Crippen MR) is 97.5 cm³/mol. The highest BCUT2D eigenvalue weighted by Gasteiger charge is 2.27. The molecule has 0 unspecified atom stereocenters. The monoisotopic (exact) mass is 345 g/mol. The van der Waals surface area contributed by atoms with Gasteiger partial charge in [-0.15, -0.1) is 0 Å². The van der Waals surface area contributed by atoms with Gasteiger partial charge in [-0.1, -0.05) is 30.8 Å². The van der Waals surface area contributed by atoms with Gasteiger partial charge in [-0.2, -0.15) is 0 Å². The molecule has 1 amide bonds. The number of para-hydroxylation sites is 1. The number of hydrogen-bond acceptors (Lipinski definition) is 4. The molecule has 0 spiro atoms. The van der Waals surface area contributed by atoms with Gasteiger partial charge in [-0.3, -0.25) is 14.2 Å². The zero-order valence-electron chi connectivity index (χ0n) is 14.3. The number of carbonyl (C=O) groups excluding carboxylic acids is 1. The number of thioether (sulfide) groups is 1. The van der Waals surface area contributed by atoms with E-state index in [4.69, 9.17) is 0 Å². The van der Waals surface area contributed by atoms with Crippen LogP contribution in [0.1, 0.15) is 46.1 Å². The fourth-order valence-corrected chi connectivity index (χ4v) is 3.56. The van der Waals surface area contributed by atoms with Crippen LogP contribution in [-0.2, 0) is 4.79 Å². The fraction of sp³-hybridized carbons (Fsp3) is 0.500. The van der Waals surface area contributed by atoms with Gasteiger partial charge in [0.2, 0.25) is 5.91 Å². The predicted octanol–water partition coefficient (Wildman–Crippen LogP) is 3.13. The summed E-state index contributed by atoms with van der Waals surface area (Å²) in [6.07, 6.45) is 2.96. The lowest BCUT2D eigenvalue weighted by Gasteiger charge is -2.20. The highest BCUT2D eigenvalue weighted by molar-refractivity contribution is 8.00. The summed E-state index contributed by atoms with van der Waals surface area (Å²) in [6, 6.07) is 7.75. The molecule has 2 atom stereocenters. The largest absolute Gasteiger partial charge is 0.352 e. The normalized spacial score (nSPS) is 16.8. The minimum absolute atomic E-state index is 0.0145. The Balaban J connectivity index is 1.98. The van der Waals surface area contributed by atoms with Crippen LogP contribution in [0.15, 0.2) is 34.2 Å². The van der Waals surface area contributed by atoms with Crippen LogP contribution in [-0.4, -0.2) is 26.8 Å². The minimum atomic E-state index is -0.283. The minimum Gasteiger partial charge on any atom is -0.352 e. The lowest BCUT2D eigenvalue weighted by molar-refractivity contribution is -0.120. The summed E-state index contributed by atoms with van der Waals surface area (Å²) < 4.78 is 1.73. The molecule has 2 aromatic rings. The van der Waals surface area contributed by atoms with Crippen LogP contribution in [0.5, 0.6) is 0 Å². The second kappa shape index (κ2) is 6.97. The van der Waals surface area contributed by atoms with Crippen LogP contribution < -0.4 is 10.9 Å². The van der Waals surface area contributed by atoms with Gasteiger partial charge in [-0.05, 0) is 45.2 Å². The van der Waals surface area contributed by atoms with E-state index < -0.39 is 0 Å². The smallest absolute Gasteiger partial charge is 0.262 e. The van der Waals surface area contributed by atoms with Crippen molar-refractivity contribution in [2.75, 3.05) is 0 Å². The van der Waals surface area contributed by atoms with Gasteiger partial charge in [0.25, 0.3) is 5.56 Å². The summed E-state index contributed by atoms with van der Waals surface area (Å²) in [5, 5.41) is 3.97. The third kappa shape index (κ3) is 3.48. The third-order valence-corrected chi connectivity index (χ3v) is 5.45. The number of carbonyl (C=O) groups is 1. The topological polar surface area (TPSA) is 64.0 Å². The first-order chi connectivity index (χ1) is 11.5. The maximum Gasteiger partial charge on any atom is 0.262 e. The molecule has 1 aromatic carbocycles. The number of fused-ring (bicyclic) bond motifs is 1. The maximum absolute atomic E-state index is 12.9. The Morgan fingerprint density at radius 2 is 2.08 bits per heavy atom. The SMILES string of the molecule is CC[C@@H](C)n1c(S[C@@H](C)C(=O)NC2CC2)nc2ccccc2c1=O. The third-order valence-electron chi connectivity index (χ3n) is 4.38. The average Bonchev–Trinajstić information content (AvgIpc) is 3.38. The number of hydrogen-bond donors (Lipinski definition) is 1. The van der Waals surface area contributed by atoms with Crippen molar-refractivity contribution >= 4 is 28.6 Å². The number of rotatable bonds is 6. The lowest BCUT2D eigenvalue weighted by Crippen LogP contribution is -2.33. The van der Waals surface area contributed by atoms with Crippen molar-refractivity contribution in [1.29, 1.82) is 0 Å². The van der Waals surface area contributed by atoms with Gasteiger partial charge >= 0.3 is 0 Å². The van der Waals surface area contributed by atoms with Gasteiger partial charge in [0, 0.05) is 12.1 Å². The van der Waals surface area contributed by atoms with E-state index in [1.807, 2.05) is 39.0 Å². The standard InChI is InChI=1S/C18H23N3O2S/c1-4-11(2)21-17(23)14-7-5-6-8-15(14)20-18(21)24-12(3)16(22)19-13-9-10-13/h5-8,11-13H,4,9-10H2,1-3H3,(H,19,22)/t11-,12+/m1/s1. The molecule has 128 valence electrons. The van der Waals surface area contributed by atoms with Crippen LogP contribution in [0.2, 0.25) is 0 Å². The lowest BCUT2D eigenvalue weighted by atomic mass is 10.2. The molecule has 1 aliphatic rings. The summed E-state index contributed by atoms with van der Waals surface area (Å²) >= 11 is 1.36. The van der Waals surface area contributed by atoms with E-state index >= 15 is 0 Å². The summed E-state index contributed by atoms with van der Waals surface area (Å²) in [7, 11) is 0. The first kappa shape index (κ1) is 17.0. The zero-order valence-corrected chi connectivity index (χ0v) is 15.1. The second-order valence-electron chi connectivity index (χ2n) is 6.39.